The van der Waals surface area contributed by atoms with Gasteiger partial charge in [0.1, 0.15) is 0 Å². The summed E-state index contributed by atoms with van der Waals surface area (Å²) in [5.41, 5.74) is 1.88. The second-order valence-electron chi connectivity index (χ2n) is 5.41. The van der Waals surface area contributed by atoms with Crippen LogP contribution in [0, 0.1) is 0 Å². The first-order valence-corrected chi connectivity index (χ1v) is 8.07. The van der Waals surface area contributed by atoms with Gasteiger partial charge in [0.15, 0.2) is 0 Å². The third-order valence-corrected chi connectivity index (χ3v) is 4.60. The summed E-state index contributed by atoms with van der Waals surface area (Å²) in [5.74, 6) is 0. The fourth-order valence-electron chi connectivity index (χ4n) is 2.39. The van der Waals surface area contributed by atoms with Gasteiger partial charge in [-0.25, -0.2) is 4.79 Å². The predicted molar refractivity (Wildman–Crippen MR) is 91.1 cm³/mol. The molecule has 2 aromatic carbocycles. The van der Waals surface area contributed by atoms with Crippen LogP contribution in [0.2, 0.25) is 0 Å². The molecule has 0 fully saturated rings. The zero-order chi connectivity index (χ0) is 15.5. The van der Waals surface area contributed by atoms with Crippen LogP contribution in [0.5, 0.6) is 0 Å². The molecule has 0 saturated carbocycles. The average Bonchev–Trinajstić information content (AvgIpc) is 2.52. The minimum atomic E-state index is -0.0814. The molecule has 4 nitrogen and oxygen atoms in total. The summed E-state index contributed by atoms with van der Waals surface area (Å²) >= 11 is 1.70. The van der Waals surface area contributed by atoms with Crippen LogP contribution in [-0.2, 0) is 0 Å². The number of para-hydroxylation sites is 2. The van der Waals surface area contributed by atoms with Crippen LogP contribution in [0.4, 0.5) is 16.2 Å². The van der Waals surface area contributed by atoms with E-state index in [1.165, 1.54) is 0 Å². The van der Waals surface area contributed by atoms with Crippen LogP contribution in [0.3, 0.4) is 0 Å². The first-order valence-electron chi connectivity index (χ1n) is 7.25. The highest BCUT2D eigenvalue weighted by atomic mass is 32.2. The number of nitrogens with one attached hydrogen (secondary N) is 1. The van der Waals surface area contributed by atoms with Crippen LogP contribution in [0.15, 0.2) is 58.3 Å². The molecule has 0 spiro atoms. The molecule has 5 heteroatoms. The number of urea groups is 1. The van der Waals surface area contributed by atoms with E-state index in [2.05, 4.69) is 17.4 Å². The number of anilines is 2. The lowest BCUT2D eigenvalue weighted by Crippen LogP contribution is -2.40. The van der Waals surface area contributed by atoms with Crippen LogP contribution in [-0.4, -0.2) is 38.1 Å². The van der Waals surface area contributed by atoms with E-state index in [4.69, 9.17) is 0 Å². The number of hydrogen-bond donors (Lipinski definition) is 1. The van der Waals surface area contributed by atoms with Crippen molar-refractivity contribution in [3.63, 3.8) is 0 Å². The molecular weight excluding hydrogens is 294 g/mol. The molecule has 0 aromatic heterocycles. The fourth-order valence-corrected chi connectivity index (χ4v) is 3.45. The van der Waals surface area contributed by atoms with Gasteiger partial charge in [0, 0.05) is 22.9 Å². The Morgan fingerprint density at radius 1 is 1.05 bits per heavy atom. The molecule has 0 saturated heterocycles. The summed E-state index contributed by atoms with van der Waals surface area (Å²) in [4.78, 5) is 18.7. The molecule has 114 valence electrons. The predicted octanol–water partition coefficient (Wildman–Crippen LogP) is 3.56. The maximum atomic E-state index is 12.7. The van der Waals surface area contributed by atoms with Crippen LogP contribution < -0.4 is 10.2 Å². The summed E-state index contributed by atoms with van der Waals surface area (Å²) in [6.07, 6.45) is 0. The van der Waals surface area contributed by atoms with Gasteiger partial charge in [-0.1, -0.05) is 36.0 Å². The van der Waals surface area contributed by atoms with Gasteiger partial charge in [-0.05, 0) is 38.4 Å². The molecular formula is C17H19N3OS. The monoisotopic (exact) mass is 313 g/mol. The average molecular weight is 313 g/mol. The summed E-state index contributed by atoms with van der Waals surface area (Å²) in [6.45, 7) is 1.44. The minimum Gasteiger partial charge on any atom is -0.336 e. The number of benzene rings is 2. The maximum Gasteiger partial charge on any atom is 0.326 e. The van der Waals surface area contributed by atoms with Crippen LogP contribution in [0.1, 0.15) is 0 Å². The Bertz CT molecular complexity index is 642. The zero-order valence-corrected chi connectivity index (χ0v) is 13.6. The molecule has 0 unspecified atom stereocenters. The minimum absolute atomic E-state index is 0.0814. The number of likely N-dealkylation sites (N-methyl/N-ethyl adjacent to an activating group) is 1. The van der Waals surface area contributed by atoms with Gasteiger partial charge < -0.3 is 10.2 Å². The number of hydrogen-bond acceptors (Lipinski definition) is 3. The van der Waals surface area contributed by atoms with E-state index in [0.29, 0.717) is 6.54 Å². The van der Waals surface area contributed by atoms with Crippen molar-refractivity contribution in [2.45, 2.75) is 9.79 Å². The highest BCUT2D eigenvalue weighted by Gasteiger charge is 2.27. The van der Waals surface area contributed by atoms with Crippen molar-refractivity contribution >= 4 is 29.2 Å². The fraction of sp³-hybridized carbons (Fsp3) is 0.235. The Morgan fingerprint density at radius 3 is 2.14 bits per heavy atom. The number of nitrogens with zero attached hydrogens (tertiary/aromatic N) is 2. The first-order chi connectivity index (χ1) is 10.7. The molecule has 2 amide bonds. The third-order valence-electron chi connectivity index (χ3n) is 3.47. The Labute approximate surface area is 135 Å². The number of carbonyl (C=O) groups is 1. The van der Waals surface area contributed by atoms with E-state index in [1.807, 2.05) is 55.4 Å². The molecule has 1 aliphatic rings. The van der Waals surface area contributed by atoms with Gasteiger partial charge in [-0.15, -0.1) is 0 Å². The van der Waals surface area contributed by atoms with Crippen molar-refractivity contribution in [2.75, 3.05) is 32.1 Å². The number of amides is 2. The summed E-state index contributed by atoms with van der Waals surface area (Å²) in [6, 6.07) is 15.9. The topological polar surface area (TPSA) is 35.6 Å². The number of rotatable bonds is 3. The Morgan fingerprint density at radius 2 is 1.59 bits per heavy atom. The molecule has 0 aliphatic carbocycles. The lowest BCUT2D eigenvalue weighted by Gasteiger charge is -2.31. The smallest absolute Gasteiger partial charge is 0.326 e. The van der Waals surface area contributed by atoms with Crippen molar-refractivity contribution in [1.29, 1.82) is 0 Å². The molecule has 3 rings (SSSR count). The van der Waals surface area contributed by atoms with Crippen LogP contribution >= 0.6 is 11.8 Å². The normalized spacial score (nSPS) is 12.8. The summed E-state index contributed by atoms with van der Waals surface area (Å²) < 4.78 is 0. The van der Waals surface area contributed by atoms with E-state index >= 15 is 0 Å². The van der Waals surface area contributed by atoms with Gasteiger partial charge in [-0.3, -0.25) is 4.90 Å². The highest BCUT2D eigenvalue weighted by molar-refractivity contribution is 7.99. The Kier molecular flexibility index (Phi) is 4.36. The largest absolute Gasteiger partial charge is 0.336 e. The van der Waals surface area contributed by atoms with Crippen molar-refractivity contribution in [3.05, 3.63) is 48.5 Å². The van der Waals surface area contributed by atoms with Gasteiger partial charge in [0.2, 0.25) is 0 Å². The molecule has 0 radical (unpaired) electrons. The summed E-state index contributed by atoms with van der Waals surface area (Å²) in [7, 11) is 3.99. The molecule has 0 atom stereocenters. The lowest BCUT2D eigenvalue weighted by atomic mass is 10.2. The molecule has 1 aliphatic heterocycles. The molecule has 2 aromatic rings. The van der Waals surface area contributed by atoms with Crippen molar-refractivity contribution in [3.8, 4) is 0 Å². The molecule has 0 bridgehead atoms. The Balaban J connectivity index is 1.91. The van der Waals surface area contributed by atoms with Gasteiger partial charge in [0.25, 0.3) is 0 Å². The maximum absolute atomic E-state index is 12.7. The standard InChI is InChI=1S/C17H19N3OS/c1-19(2)12-11-18-17(21)20-13-7-3-5-9-15(13)22-16-10-6-4-8-14(16)20/h3-10H,11-12H2,1-2H3,(H,18,21). The van der Waals surface area contributed by atoms with Crippen LogP contribution in [0.25, 0.3) is 0 Å². The van der Waals surface area contributed by atoms with E-state index in [-0.39, 0.29) is 6.03 Å². The van der Waals surface area contributed by atoms with Gasteiger partial charge in [-0.2, -0.15) is 0 Å². The molecule has 22 heavy (non-hydrogen) atoms. The van der Waals surface area contributed by atoms with Crippen molar-refractivity contribution < 1.29 is 4.79 Å². The van der Waals surface area contributed by atoms with E-state index in [1.54, 1.807) is 16.7 Å². The summed E-state index contributed by atoms with van der Waals surface area (Å²) in [5, 5.41) is 3.00. The van der Waals surface area contributed by atoms with Gasteiger partial charge >= 0.3 is 6.03 Å². The third kappa shape index (κ3) is 2.96. The quantitative estimate of drug-likeness (QED) is 0.941. The van der Waals surface area contributed by atoms with Crippen molar-refractivity contribution in [1.82, 2.24) is 10.2 Å². The number of carbonyl (C=O) groups excluding carboxylic acids is 1. The second-order valence-corrected chi connectivity index (χ2v) is 6.49. The van der Waals surface area contributed by atoms with E-state index in [9.17, 15) is 4.79 Å². The zero-order valence-electron chi connectivity index (χ0n) is 12.7. The lowest BCUT2D eigenvalue weighted by molar-refractivity contribution is 0.247. The number of fused-ring (bicyclic) bond motifs is 2. The second kappa shape index (κ2) is 6.42. The first kappa shape index (κ1) is 14.9. The molecule has 1 N–H and O–H groups in total. The van der Waals surface area contributed by atoms with E-state index < -0.39 is 0 Å². The van der Waals surface area contributed by atoms with Crippen molar-refractivity contribution in [2.24, 2.45) is 0 Å². The SMILES string of the molecule is CN(C)CCNC(=O)N1c2ccccc2Sc2ccccc21. The molecule has 1 heterocycles. The van der Waals surface area contributed by atoms with E-state index in [0.717, 1.165) is 27.7 Å². The van der Waals surface area contributed by atoms with Gasteiger partial charge in [0.05, 0.1) is 11.4 Å². The Hall–Kier alpha value is -1.98. The highest BCUT2D eigenvalue weighted by Crippen LogP contribution is 2.47.